The number of ether oxygens (including phenoxy) is 3. The highest BCUT2D eigenvalue weighted by Crippen LogP contribution is 2.56. The fraction of sp³-hybridized carbons (Fsp3) is 0.391. The van der Waals surface area contributed by atoms with Gasteiger partial charge in [0, 0.05) is 30.5 Å². The molecule has 0 unspecified atom stereocenters. The van der Waals surface area contributed by atoms with Gasteiger partial charge >= 0.3 is 6.09 Å². The Kier molecular flexibility index (Phi) is 6.27. The maximum atomic E-state index is 12.5. The second-order valence-electron chi connectivity index (χ2n) is 7.36. The van der Waals surface area contributed by atoms with E-state index in [9.17, 15) is 20.6 Å². The Balaban J connectivity index is 2.32. The van der Waals surface area contributed by atoms with Crippen LogP contribution >= 0.6 is 0 Å². The summed E-state index contributed by atoms with van der Waals surface area (Å²) in [6, 6.07) is 11.4. The number of methoxy groups -OCH3 is 2. The van der Waals surface area contributed by atoms with Crippen LogP contribution in [0.1, 0.15) is 18.4 Å². The average Bonchev–Trinajstić information content (AvgIpc) is 2.82. The van der Waals surface area contributed by atoms with Gasteiger partial charge in [0.25, 0.3) is 0 Å². The molecule has 2 atom stereocenters. The van der Waals surface area contributed by atoms with Crippen molar-refractivity contribution in [3.05, 3.63) is 46.7 Å². The predicted octanol–water partition coefficient (Wildman–Crippen LogP) is 2.59. The van der Waals surface area contributed by atoms with Gasteiger partial charge in [0.05, 0.1) is 44.2 Å². The Morgan fingerprint density at radius 1 is 1.25 bits per heavy atom. The van der Waals surface area contributed by atoms with E-state index in [1.165, 1.54) is 19.1 Å². The van der Waals surface area contributed by atoms with Crippen molar-refractivity contribution in [2.45, 2.75) is 12.8 Å². The number of hydrogen-bond donors (Lipinski definition) is 1. The Morgan fingerprint density at radius 3 is 2.53 bits per heavy atom. The standard InChI is InChI=1S/C23H23N5O4/c1-4-32-22(29)28-9-8-14-16(10-24)21(27)23(12-25,13-26)19(17(14)11-28)15-6-5-7-18(30-2)20(15)31-3/h5-8,17,19H,4,9,11,27H2,1-3H3/t17-,19-/m1/s1. The van der Waals surface area contributed by atoms with E-state index in [0.29, 0.717) is 22.6 Å². The Morgan fingerprint density at radius 2 is 1.97 bits per heavy atom. The molecule has 0 radical (unpaired) electrons. The molecule has 0 fully saturated rings. The zero-order valence-electron chi connectivity index (χ0n) is 18.1. The second kappa shape index (κ2) is 8.91. The first-order chi connectivity index (χ1) is 15.4. The molecule has 9 heteroatoms. The van der Waals surface area contributed by atoms with E-state index in [0.717, 1.165) is 0 Å². The van der Waals surface area contributed by atoms with Crippen LogP contribution in [0.4, 0.5) is 4.79 Å². The molecule has 2 aliphatic rings. The van der Waals surface area contributed by atoms with E-state index in [1.54, 1.807) is 31.2 Å². The number of carbonyl (C=O) groups is 1. The van der Waals surface area contributed by atoms with E-state index in [2.05, 4.69) is 18.2 Å². The molecular formula is C23H23N5O4. The summed E-state index contributed by atoms with van der Waals surface area (Å²) < 4.78 is 16.2. The summed E-state index contributed by atoms with van der Waals surface area (Å²) in [5.74, 6) is -0.624. The van der Waals surface area contributed by atoms with Gasteiger partial charge < -0.3 is 24.8 Å². The molecule has 0 bridgehead atoms. The molecule has 1 aliphatic heterocycles. The monoisotopic (exact) mass is 433 g/mol. The summed E-state index contributed by atoms with van der Waals surface area (Å²) in [6.07, 6.45) is 1.22. The number of amides is 1. The fourth-order valence-electron chi connectivity index (χ4n) is 4.54. The molecule has 3 rings (SSSR count). The van der Waals surface area contributed by atoms with Gasteiger partial charge in [0.2, 0.25) is 0 Å². The third-order valence-electron chi connectivity index (χ3n) is 5.96. The van der Waals surface area contributed by atoms with Crippen LogP contribution in [0.25, 0.3) is 0 Å². The van der Waals surface area contributed by atoms with Crippen molar-refractivity contribution in [3.8, 4) is 29.7 Å². The Hall–Kier alpha value is -4.16. The normalized spacial score (nSPS) is 21.2. The number of nitriles is 3. The van der Waals surface area contributed by atoms with Crippen LogP contribution in [0.5, 0.6) is 11.5 Å². The van der Waals surface area contributed by atoms with Gasteiger partial charge in [-0.05, 0) is 18.6 Å². The molecule has 1 aromatic rings. The molecule has 0 saturated carbocycles. The van der Waals surface area contributed by atoms with Gasteiger partial charge in [-0.25, -0.2) is 4.79 Å². The van der Waals surface area contributed by atoms with E-state index >= 15 is 0 Å². The first-order valence-electron chi connectivity index (χ1n) is 9.99. The SMILES string of the molecule is CCOC(=O)N1CC=C2C(C#N)=C(N)C(C#N)(C#N)[C@H](c3cccc(OC)c3OC)[C@@H]2C1. The highest BCUT2D eigenvalue weighted by Gasteiger charge is 2.55. The van der Waals surface area contributed by atoms with Crippen molar-refractivity contribution in [2.75, 3.05) is 33.9 Å². The first kappa shape index (κ1) is 22.5. The number of benzene rings is 1. The van der Waals surface area contributed by atoms with Crippen LogP contribution in [0.3, 0.4) is 0 Å². The number of hydrogen-bond acceptors (Lipinski definition) is 8. The lowest BCUT2D eigenvalue weighted by Gasteiger charge is -2.45. The van der Waals surface area contributed by atoms with Crippen molar-refractivity contribution in [1.82, 2.24) is 4.90 Å². The summed E-state index contributed by atoms with van der Waals surface area (Å²) >= 11 is 0. The van der Waals surface area contributed by atoms with Crippen LogP contribution in [0.15, 0.2) is 41.1 Å². The molecule has 2 N–H and O–H groups in total. The average molecular weight is 433 g/mol. The third-order valence-corrected chi connectivity index (χ3v) is 5.96. The Labute approximate surface area is 186 Å². The fourth-order valence-corrected chi connectivity index (χ4v) is 4.54. The van der Waals surface area contributed by atoms with Gasteiger partial charge in [-0.1, -0.05) is 18.2 Å². The summed E-state index contributed by atoms with van der Waals surface area (Å²) in [7, 11) is 2.95. The van der Waals surface area contributed by atoms with Crippen LogP contribution in [0, 0.1) is 45.3 Å². The molecule has 0 spiro atoms. The molecule has 0 saturated heterocycles. The van der Waals surface area contributed by atoms with E-state index in [4.69, 9.17) is 19.9 Å². The van der Waals surface area contributed by atoms with Gasteiger partial charge in [0.1, 0.15) is 6.07 Å². The number of fused-ring (bicyclic) bond motifs is 1. The molecule has 9 nitrogen and oxygen atoms in total. The van der Waals surface area contributed by atoms with E-state index < -0.39 is 23.3 Å². The molecule has 1 aliphatic carbocycles. The maximum Gasteiger partial charge on any atom is 0.410 e. The molecule has 32 heavy (non-hydrogen) atoms. The lowest BCUT2D eigenvalue weighted by Crippen LogP contribution is -2.49. The largest absolute Gasteiger partial charge is 0.493 e. The highest BCUT2D eigenvalue weighted by atomic mass is 16.6. The minimum Gasteiger partial charge on any atom is -0.493 e. The highest BCUT2D eigenvalue weighted by molar-refractivity contribution is 5.70. The third kappa shape index (κ3) is 3.27. The van der Waals surface area contributed by atoms with Gasteiger partial charge in [0.15, 0.2) is 16.9 Å². The van der Waals surface area contributed by atoms with Crippen LogP contribution in [-0.2, 0) is 4.74 Å². The molecule has 1 heterocycles. The van der Waals surface area contributed by atoms with Crippen molar-refractivity contribution in [3.63, 3.8) is 0 Å². The van der Waals surface area contributed by atoms with Crippen LogP contribution in [-0.4, -0.2) is 44.9 Å². The lowest BCUT2D eigenvalue weighted by atomic mass is 9.58. The first-order valence-corrected chi connectivity index (χ1v) is 9.99. The van der Waals surface area contributed by atoms with Crippen molar-refractivity contribution in [2.24, 2.45) is 17.1 Å². The van der Waals surface area contributed by atoms with Gasteiger partial charge in [-0.3, -0.25) is 0 Å². The van der Waals surface area contributed by atoms with Crippen molar-refractivity contribution in [1.29, 1.82) is 15.8 Å². The van der Waals surface area contributed by atoms with Crippen LogP contribution < -0.4 is 15.2 Å². The van der Waals surface area contributed by atoms with Gasteiger partial charge in [-0.2, -0.15) is 15.8 Å². The predicted molar refractivity (Wildman–Crippen MR) is 113 cm³/mol. The van der Waals surface area contributed by atoms with Crippen molar-refractivity contribution >= 4 is 6.09 Å². The number of allylic oxidation sites excluding steroid dienone is 2. The summed E-state index contributed by atoms with van der Waals surface area (Å²) in [4.78, 5) is 13.9. The summed E-state index contributed by atoms with van der Waals surface area (Å²) in [5.41, 5.74) is 5.58. The molecular weight excluding hydrogens is 410 g/mol. The number of carbonyl (C=O) groups excluding carboxylic acids is 1. The number of nitrogens with two attached hydrogens (primary N) is 1. The quantitative estimate of drug-likeness (QED) is 0.762. The minimum atomic E-state index is -1.86. The summed E-state index contributed by atoms with van der Waals surface area (Å²) in [6.45, 7) is 2.28. The topological polar surface area (TPSA) is 145 Å². The number of rotatable bonds is 4. The summed E-state index contributed by atoms with van der Waals surface area (Å²) in [5, 5.41) is 30.2. The van der Waals surface area contributed by atoms with Crippen molar-refractivity contribution < 1.29 is 19.0 Å². The molecule has 164 valence electrons. The van der Waals surface area contributed by atoms with Gasteiger partial charge in [-0.15, -0.1) is 0 Å². The number of nitrogens with zero attached hydrogens (tertiary/aromatic N) is 4. The zero-order valence-corrected chi connectivity index (χ0v) is 18.1. The second-order valence-corrected chi connectivity index (χ2v) is 7.36. The molecule has 0 aromatic heterocycles. The lowest BCUT2D eigenvalue weighted by molar-refractivity contribution is 0.0997. The molecule has 1 aromatic carbocycles. The van der Waals surface area contributed by atoms with E-state index in [1.807, 2.05) is 0 Å². The zero-order chi connectivity index (χ0) is 23.5. The number of para-hydroxylation sites is 1. The van der Waals surface area contributed by atoms with Crippen LogP contribution in [0.2, 0.25) is 0 Å². The van der Waals surface area contributed by atoms with E-state index in [-0.39, 0.29) is 31.0 Å². The maximum absolute atomic E-state index is 12.5. The minimum absolute atomic E-state index is 0.0970. The molecule has 1 amide bonds. The smallest absolute Gasteiger partial charge is 0.410 e. The Bertz CT molecular complexity index is 1100.